The van der Waals surface area contributed by atoms with Crippen molar-refractivity contribution in [3.63, 3.8) is 0 Å². The summed E-state index contributed by atoms with van der Waals surface area (Å²) in [6.07, 6.45) is 0.668. The quantitative estimate of drug-likeness (QED) is 0.461. The van der Waals surface area contributed by atoms with Crippen molar-refractivity contribution in [2.45, 2.75) is 20.3 Å². The molecule has 4 rings (SSSR count). The molecule has 0 aliphatic heterocycles. The van der Waals surface area contributed by atoms with E-state index in [0.29, 0.717) is 17.6 Å². The number of para-hydroxylation sites is 2. The molecule has 0 saturated heterocycles. The van der Waals surface area contributed by atoms with Crippen LogP contribution >= 0.6 is 0 Å². The van der Waals surface area contributed by atoms with Crippen molar-refractivity contribution >= 4 is 28.2 Å². The summed E-state index contributed by atoms with van der Waals surface area (Å²) in [6.45, 7) is 8.08. The van der Waals surface area contributed by atoms with Gasteiger partial charge in [-0.3, -0.25) is 4.40 Å². The minimum atomic E-state index is 0.595. The van der Waals surface area contributed by atoms with Gasteiger partial charge in [-0.05, 0) is 62.2 Å². The zero-order chi connectivity index (χ0) is 20.5. The summed E-state index contributed by atoms with van der Waals surface area (Å²) in [7, 11) is 1.65. The van der Waals surface area contributed by atoms with Crippen LogP contribution in [0.4, 0.5) is 11.5 Å². The van der Waals surface area contributed by atoms with Crippen LogP contribution in [0, 0.1) is 18.3 Å². The van der Waals surface area contributed by atoms with Crippen molar-refractivity contribution in [2.75, 3.05) is 12.4 Å². The molecule has 2 aromatic heterocycles. The van der Waals surface area contributed by atoms with Crippen LogP contribution in [0.25, 0.3) is 16.7 Å². The maximum atomic E-state index is 9.88. The van der Waals surface area contributed by atoms with E-state index >= 15 is 0 Å². The number of hydrogen-bond donors (Lipinski definition) is 1. The molecule has 0 radical (unpaired) electrons. The molecular formula is C24H22N4O. The van der Waals surface area contributed by atoms with Gasteiger partial charge in [0.05, 0.1) is 23.7 Å². The maximum absolute atomic E-state index is 9.88. The molecule has 2 heterocycles. The number of aromatic nitrogens is 2. The monoisotopic (exact) mass is 382 g/mol. The number of allylic oxidation sites excluding steroid dienone is 1. The highest BCUT2D eigenvalue weighted by Crippen LogP contribution is 2.34. The fourth-order valence-electron chi connectivity index (χ4n) is 3.65. The number of anilines is 2. The second kappa shape index (κ2) is 7.33. The molecule has 5 heteroatoms. The lowest BCUT2D eigenvalue weighted by molar-refractivity contribution is 0.415. The lowest BCUT2D eigenvalue weighted by Crippen LogP contribution is -2.08. The van der Waals surface area contributed by atoms with E-state index in [1.807, 2.05) is 66.8 Å². The number of methoxy groups -OCH3 is 1. The highest BCUT2D eigenvalue weighted by molar-refractivity contribution is 5.87. The first-order valence-electron chi connectivity index (χ1n) is 9.41. The Labute approximate surface area is 169 Å². The molecule has 0 atom stereocenters. The SMILES string of the molecule is C=C(C)Cc1c(C)c(C#N)c2nc3ccccc3n2c1Nc1ccc(OC)cc1. The van der Waals surface area contributed by atoms with E-state index < -0.39 is 0 Å². The normalized spacial score (nSPS) is 10.8. The van der Waals surface area contributed by atoms with Crippen LogP contribution < -0.4 is 10.1 Å². The van der Waals surface area contributed by atoms with Crippen LogP contribution in [0.2, 0.25) is 0 Å². The minimum Gasteiger partial charge on any atom is -0.497 e. The average molecular weight is 382 g/mol. The molecule has 4 aromatic rings. The number of benzene rings is 2. The molecule has 5 nitrogen and oxygen atoms in total. The van der Waals surface area contributed by atoms with Crippen molar-refractivity contribution < 1.29 is 4.74 Å². The third-order valence-corrected chi connectivity index (χ3v) is 5.06. The van der Waals surface area contributed by atoms with E-state index in [1.165, 1.54) is 0 Å². The van der Waals surface area contributed by atoms with Gasteiger partial charge in [0.25, 0.3) is 0 Å². The maximum Gasteiger partial charge on any atom is 0.157 e. The third-order valence-electron chi connectivity index (χ3n) is 5.06. The summed E-state index contributed by atoms with van der Waals surface area (Å²) >= 11 is 0. The second-order valence-corrected chi connectivity index (χ2v) is 7.19. The molecule has 0 saturated carbocycles. The van der Waals surface area contributed by atoms with Gasteiger partial charge in [0.2, 0.25) is 0 Å². The van der Waals surface area contributed by atoms with Crippen molar-refractivity contribution in [3.8, 4) is 11.8 Å². The molecule has 1 N–H and O–H groups in total. The van der Waals surface area contributed by atoms with Crippen LogP contribution in [0.3, 0.4) is 0 Å². The fourth-order valence-corrected chi connectivity index (χ4v) is 3.65. The molecular weight excluding hydrogens is 360 g/mol. The molecule has 0 aliphatic rings. The van der Waals surface area contributed by atoms with E-state index in [2.05, 4.69) is 18.0 Å². The van der Waals surface area contributed by atoms with Crippen molar-refractivity contribution in [3.05, 3.63) is 77.4 Å². The Bertz CT molecular complexity index is 1280. The number of ether oxygens (including phenoxy) is 1. The lowest BCUT2D eigenvalue weighted by Gasteiger charge is -2.19. The molecule has 0 unspecified atom stereocenters. The Kier molecular flexibility index (Phi) is 4.69. The number of rotatable bonds is 5. The highest BCUT2D eigenvalue weighted by atomic mass is 16.5. The Morgan fingerprint density at radius 1 is 1.21 bits per heavy atom. The van der Waals surface area contributed by atoms with Crippen LogP contribution in [0.15, 0.2) is 60.7 Å². The van der Waals surface area contributed by atoms with Gasteiger partial charge in [-0.15, -0.1) is 0 Å². The fraction of sp³-hybridized carbons (Fsp3) is 0.167. The summed E-state index contributed by atoms with van der Waals surface area (Å²) in [5, 5.41) is 13.4. The third kappa shape index (κ3) is 3.19. The number of hydrogen-bond acceptors (Lipinski definition) is 4. The zero-order valence-electron chi connectivity index (χ0n) is 16.8. The molecule has 0 spiro atoms. The zero-order valence-corrected chi connectivity index (χ0v) is 16.8. The van der Waals surface area contributed by atoms with E-state index in [-0.39, 0.29) is 0 Å². The summed E-state index contributed by atoms with van der Waals surface area (Å²) in [6, 6.07) is 18.1. The summed E-state index contributed by atoms with van der Waals surface area (Å²) in [5.41, 5.74) is 6.99. The first-order chi connectivity index (χ1) is 14.0. The molecule has 0 amide bonds. The number of nitrogens with one attached hydrogen (secondary N) is 1. The van der Waals surface area contributed by atoms with E-state index in [9.17, 15) is 5.26 Å². The number of pyridine rings is 1. The largest absolute Gasteiger partial charge is 0.497 e. The summed E-state index contributed by atoms with van der Waals surface area (Å²) in [4.78, 5) is 4.75. The first-order valence-corrected chi connectivity index (χ1v) is 9.41. The minimum absolute atomic E-state index is 0.595. The van der Waals surface area contributed by atoms with Gasteiger partial charge < -0.3 is 10.1 Å². The Morgan fingerprint density at radius 2 is 1.93 bits per heavy atom. The second-order valence-electron chi connectivity index (χ2n) is 7.19. The number of fused-ring (bicyclic) bond motifs is 3. The predicted molar refractivity (Wildman–Crippen MR) is 117 cm³/mol. The topological polar surface area (TPSA) is 62.4 Å². The van der Waals surface area contributed by atoms with Gasteiger partial charge in [-0.2, -0.15) is 5.26 Å². The predicted octanol–water partition coefficient (Wildman–Crippen LogP) is 5.54. The van der Waals surface area contributed by atoms with Gasteiger partial charge in [0.15, 0.2) is 5.65 Å². The van der Waals surface area contributed by atoms with E-state index in [1.54, 1.807) is 7.11 Å². The van der Waals surface area contributed by atoms with Gasteiger partial charge in [0, 0.05) is 11.3 Å². The van der Waals surface area contributed by atoms with Crippen LogP contribution in [0.5, 0.6) is 5.75 Å². The van der Waals surface area contributed by atoms with E-state index in [0.717, 1.165) is 45.0 Å². The summed E-state index contributed by atoms with van der Waals surface area (Å²) in [5.74, 6) is 1.70. The summed E-state index contributed by atoms with van der Waals surface area (Å²) < 4.78 is 7.32. The smallest absolute Gasteiger partial charge is 0.157 e. The van der Waals surface area contributed by atoms with Gasteiger partial charge in [-0.1, -0.05) is 24.3 Å². The van der Waals surface area contributed by atoms with Crippen LogP contribution in [-0.4, -0.2) is 16.5 Å². The molecule has 0 bridgehead atoms. The Hall–Kier alpha value is -3.78. The lowest BCUT2D eigenvalue weighted by atomic mass is 9.99. The Balaban J connectivity index is 2.05. The number of nitrogens with zero attached hydrogens (tertiary/aromatic N) is 3. The average Bonchev–Trinajstić information content (AvgIpc) is 3.10. The van der Waals surface area contributed by atoms with E-state index in [4.69, 9.17) is 9.72 Å². The number of nitriles is 1. The van der Waals surface area contributed by atoms with Crippen LogP contribution in [0.1, 0.15) is 23.6 Å². The molecule has 0 fully saturated rings. The first kappa shape index (κ1) is 18.6. The highest BCUT2D eigenvalue weighted by Gasteiger charge is 2.20. The van der Waals surface area contributed by atoms with Crippen molar-refractivity contribution in [1.29, 1.82) is 5.26 Å². The standard InChI is InChI=1S/C24H22N4O/c1-15(2)13-19-16(3)20(14-25)24-27-21-7-5-6-8-22(21)28(24)23(19)26-17-9-11-18(29-4)12-10-17/h5-12,26H,1,13H2,2-4H3. The van der Waals surface area contributed by atoms with Gasteiger partial charge in [0.1, 0.15) is 17.6 Å². The molecule has 29 heavy (non-hydrogen) atoms. The van der Waals surface area contributed by atoms with Crippen molar-refractivity contribution in [1.82, 2.24) is 9.38 Å². The molecule has 2 aromatic carbocycles. The van der Waals surface area contributed by atoms with Gasteiger partial charge in [-0.25, -0.2) is 4.98 Å². The molecule has 0 aliphatic carbocycles. The van der Waals surface area contributed by atoms with Crippen LogP contribution in [-0.2, 0) is 6.42 Å². The number of imidazole rings is 1. The Morgan fingerprint density at radius 3 is 2.59 bits per heavy atom. The van der Waals surface area contributed by atoms with Gasteiger partial charge >= 0.3 is 0 Å². The molecule has 144 valence electrons. The van der Waals surface area contributed by atoms with Crippen molar-refractivity contribution in [2.24, 2.45) is 0 Å².